The maximum Gasteiger partial charge on any atom is 0.340 e. The molecule has 1 atom stereocenters. The van der Waals surface area contributed by atoms with Crippen LogP contribution in [0.2, 0.25) is 5.02 Å². The Balaban J connectivity index is 1.76. The zero-order valence-electron chi connectivity index (χ0n) is 11.2. The summed E-state index contributed by atoms with van der Waals surface area (Å²) in [5, 5.41) is 2.57. The van der Waals surface area contributed by atoms with E-state index in [1.54, 1.807) is 0 Å². The minimum absolute atomic E-state index is 0.0185. The first-order chi connectivity index (χ1) is 10.1. The predicted molar refractivity (Wildman–Crippen MR) is 73.7 cm³/mol. The van der Waals surface area contributed by atoms with Gasteiger partial charge in [0.25, 0.3) is 5.91 Å². The quantitative estimate of drug-likeness (QED) is 0.843. The molecule has 1 N–H and O–H groups in total. The van der Waals surface area contributed by atoms with Gasteiger partial charge in [0.2, 0.25) is 0 Å². The summed E-state index contributed by atoms with van der Waals surface area (Å²) >= 11 is 5.73. The van der Waals surface area contributed by atoms with Crippen LogP contribution in [0, 0.1) is 5.82 Å². The van der Waals surface area contributed by atoms with Crippen molar-refractivity contribution in [1.82, 2.24) is 5.32 Å². The third-order valence-electron chi connectivity index (χ3n) is 3.04. The highest BCUT2D eigenvalue weighted by atomic mass is 35.5. The number of benzene rings is 1. The average molecular weight is 316 g/mol. The molecule has 1 saturated heterocycles. The van der Waals surface area contributed by atoms with E-state index in [9.17, 15) is 14.0 Å². The third kappa shape index (κ3) is 4.68. The standard InChI is InChI=1S/C14H15ClFNO4/c15-12-6-9(16)3-4-11(12)14(19)21-8-13(18)17-7-10-2-1-5-20-10/h3-4,6,10H,1-2,5,7-8H2,(H,17,18)/t10-/m0/s1. The van der Waals surface area contributed by atoms with Crippen LogP contribution >= 0.6 is 11.6 Å². The van der Waals surface area contributed by atoms with Gasteiger partial charge in [0.1, 0.15) is 5.82 Å². The van der Waals surface area contributed by atoms with Crippen LogP contribution in [0.1, 0.15) is 23.2 Å². The Kier molecular flexibility index (Phi) is 5.52. The van der Waals surface area contributed by atoms with E-state index in [0.29, 0.717) is 13.2 Å². The lowest BCUT2D eigenvalue weighted by Gasteiger charge is -2.11. The van der Waals surface area contributed by atoms with Crippen molar-refractivity contribution in [1.29, 1.82) is 0 Å². The van der Waals surface area contributed by atoms with Gasteiger partial charge >= 0.3 is 5.97 Å². The Bertz CT molecular complexity index is 532. The van der Waals surface area contributed by atoms with Crippen molar-refractivity contribution >= 4 is 23.5 Å². The number of amides is 1. The summed E-state index contributed by atoms with van der Waals surface area (Å²) < 4.78 is 23.0. The van der Waals surface area contributed by atoms with E-state index in [1.807, 2.05) is 0 Å². The Morgan fingerprint density at radius 1 is 1.48 bits per heavy atom. The first-order valence-electron chi connectivity index (χ1n) is 6.57. The molecule has 0 spiro atoms. The molecule has 1 fully saturated rings. The largest absolute Gasteiger partial charge is 0.452 e. The SMILES string of the molecule is O=C(COC(=O)c1ccc(F)cc1Cl)NC[C@@H]1CCCO1. The summed E-state index contributed by atoms with van der Waals surface area (Å²) in [6.07, 6.45) is 1.92. The molecule has 0 radical (unpaired) electrons. The van der Waals surface area contributed by atoms with Gasteiger partial charge in [-0.2, -0.15) is 0 Å². The molecule has 2 rings (SSSR count). The number of esters is 1. The molecule has 0 saturated carbocycles. The molecular weight excluding hydrogens is 301 g/mol. The lowest BCUT2D eigenvalue weighted by molar-refractivity contribution is -0.124. The van der Waals surface area contributed by atoms with Crippen LogP contribution < -0.4 is 5.32 Å². The van der Waals surface area contributed by atoms with Gasteiger partial charge in [-0.15, -0.1) is 0 Å². The molecule has 1 heterocycles. The zero-order valence-corrected chi connectivity index (χ0v) is 12.0. The van der Waals surface area contributed by atoms with E-state index >= 15 is 0 Å². The molecule has 5 nitrogen and oxygen atoms in total. The topological polar surface area (TPSA) is 64.6 Å². The Morgan fingerprint density at radius 2 is 2.29 bits per heavy atom. The van der Waals surface area contributed by atoms with Gasteiger partial charge < -0.3 is 14.8 Å². The minimum Gasteiger partial charge on any atom is -0.452 e. The van der Waals surface area contributed by atoms with Gasteiger partial charge in [-0.3, -0.25) is 4.79 Å². The number of carbonyl (C=O) groups excluding carboxylic acids is 2. The predicted octanol–water partition coefficient (Wildman–Crippen LogP) is 1.93. The molecule has 1 aromatic carbocycles. The summed E-state index contributed by atoms with van der Waals surface area (Å²) in [7, 11) is 0. The monoisotopic (exact) mass is 315 g/mol. The molecule has 0 aromatic heterocycles. The van der Waals surface area contributed by atoms with Crippen molar-refractivity contribution in [3.05, 3.63) is 34.6 Å². The van der Waals surface area contributed by atoms with E-state index in [0.717, 1.165) is 25.0 Å². The van der Waals surface area contributed by atoms with Crippen LogP contribution in [-0.4, -0.2) is 37.7 Å². The number of ether oxygens (including phenoxy) is 2. The second-order valence-corrected chi connectivity index (χ2v) is 5.05. The maximum absolute atomic E-state index is 12.9. The van der Waals surface area contributed by atoms with Crippen molar-refractivity contribution in [2.75, 3.05) is 19.8 Å². The number of hydrogen-bond donors (Lipinski definition) is 1. The fourth-order valence-electron chi connectivity index (χ4n) is 1.95. The Morgan fingerprint density at radius 3 is 2.95 bits per heavy atom. The van der Waals surface area contributed by atoms with E-state index in [-0.39, 0.29) is 16.7 Å². The molecule has 1 amide bonds. The van der Waals surface area contributed by atoms with Crippen LogP contribution in [0.5, 0.6) is 0 Å². The fraction of sp³-hybridized carbons (Fsp3) is 0.429. The molecule has 0 aliphatic carbocycles. The number of halogens is 2. The lowest BCUT2D eigenvalue weighted by Crippen LogP contribution is -2.34. The smallest absolute Gasteiger partial charge is 0.340 e. The third-order valence-corrected chi connectivity index (χ3v) is 3.35. The Labute approximate surface area is 126 Å². The van der Waals surface area contributed by atoms with Gasteiger partial charge in [-0.1, -0.05) is 11.6 Å². The van der Waals surface area contributed by atoms with Gasteiger partial charge in [0.15, 0.2) is 6.61 Å². The van der Waals surface area contributed by atoms with Gasteiger partial charge in [0.05, 0.1) is 16.7 Å². The second kappa shape index (κ2) is 7.38. The van der Waals surface area contributed by atoms with Crippen molar-refractivity contribution in [3.8, 4) is 0 Å². The summed E-state index contributed by atoms with van der Waals surface area (Å²) in [5.41, 5.74) is 0.0185. The number of nitrogens with one attached hydrogen (secondary N) is 1. The zero-order chi connectivity index (χ0) is 15.2. The second-order valence-electron chi connectivity index (χ2n) is 4.64. The van der Waals surface area contributed by atoms with Crippen molar-refractivity contribution in [2.24, 2.45) is 0 Å². The van der Waals surface area contributed by atoms with E-state index < -0.39 is 24.3 Å². The molecule has 21 heavy (non-hydrogen) atoms. The molecule has 1 aliphatic rings. The van der Waals surface area contributed by atoms with E-state index in [2.05, 4.69) is 5.32 Å². The first-order valence-corrected chi connectivity index (χ1v) is 6.94. The van der Waals surface area contributed by atoms with E-state index in [1.165, 1.54) is 6.07 Å². The van der Waals surface area contributed by atoms with Crippen LogP contribution in [-0.2, 0) is 14.3 Å². The molecule has 0 unspecified atom stereocenters. The van der Waals surface area contributed by atoms with Crippen LogP contribution in [0.4, 0.5) is 4.39 Å². The summed E-state index contributed by atoms with van der Waals surface area (Å²) in [4.78, 5) is 23.2. The minimum atomic E-state index is -0.771. The molecule has 0 bridgehead atoms. The highest BCUT2D eigenvalue weighted by molar-refractivity contribution is 6.33. The van der Waals surface area contributed by atoms with Crippen LogP contribution in [0.15, 0.2) is 18.2 Å². The highest BCUT2D eigenvalue weighted by Gasteiger charge is 2.17. The number of hydrogen-bond acceptors (Lipinski definition) is 4. The molecular formula is C14H15ClFNO4. The Hall–Kier alpha value is -1.66. The summed E-state index contributed by atoms with van der Waals surface area (Å²) in [6, 6.07) is 3.32. The first kappa shape index (κ1) is 15.7. The van der Waals surface area contributed by atoms with Gasteiger partial charge in [0, 0.05) is 13.2 Å². The van der Waals surface area contributed by atoms with E-state index in [4.69, 9.17) is 21.1 Å². The fourth-order valence-corrected chi connectivity index (χ4v) is 2.19. The lowest BCUT2D eigenvalue weighted by atomic mass is 10.2. The molecule has 7 heteroatoms. The maximum atomic E-state index is 12.9. The summed E-state index contributed by atoms with van der Waals surface area (Å²) in [6.45, 7) is 0.686. The van der Waals surface area contributed by atoms with Gasteiger partial charge in [-0.25, -0.2) is 9.18 Å². The van der Waals surface area contributed by atoms with Gasteiger partial charge in [-0.05, 0) is 31.0 Å². The highest BCUT2D eigenvalue weighted by Crippen LogP contribution is 2.18. The van der Waals surface area contributed by atoms with Crippen molar-refractivity contribution in [2.45, 2.75) is 18.9 Å². The summed E-state index contributed by atoms with van der Waals surface area (Å²) in [5.74, 6) is -1.74. The number of rotatable bonds is 5. The molecule has 1 aliphatic heterocycles. The van der Waals surface area contributed by atoms with Crippen LogP contribution in [0.25, 0.3) is 0 Å². The van der Waals surface area contributed by atoms with Crippen LogP contribution in [0.3, 0.4) is 0 Å². The van der Waals surface area contributed by atoms with Crippen molar-refractivity contribution < 1.29 is 23.5 Å². The molecule has 1 aromatic rings. The molecule has 114 valence electrons. The number of carbonyl (C=O) groups is 2. The average Bonchev–Trinajstić information content (AvgIpc) is 2.95. The normalized spacial score (nSPS) is 17.5. The van der Waals surface area contributed by atoms with Crippen molar-refractivity contribution in [3.63, 3.8) is 0 Å².